The van der Waals surface area contributed by atoms with E-state index in [1.807, 2.05) is 42.7 Å². The van der Waals surface area contributed by atoms with Gasteiger partial charge in [-0.25, -0.2) is 9.97 Å². The molecule has 34 heavy (non-hydrogen) atoms. The van der Waals surface area contributed by atoms with Crippen LogP contribution >= 0.6 is 15.9 Å². The molecule has 1 unspecified atom stereocenters. The van der Waals surface area contributed by atoms with E-state index in [0.29, 0.717) is 22.6 Å². The fourth-order valence-corrected chi connectivity index (χ4v) is 4.94. The smallest absolute Gasteiger partial charge is 0.260 e. The van der Waals surface area contributed by atoms with E-state index in [2.05, 4.69) is 30.9 Å². The Hall–Kier alpha value is -2.99. The molecule has 0 radical (unpaired) electrons. The summed E-state index contributed by atoms with van der Waals surface area (Å²) < 4.78 is 27.4. The van der Waals surface area contributed by atoms with E-state index in [0.717, 1.165) is 15.4 Å². The summed E-state index contributed by atoms with van der Waals surface area (Å²) in [5.74, 6) is 0.282. The number of H-pyrrole nitrogens is 1. The SMILES string of the molecule is CC1(C)O[C@@H]2[C@@H](COc3ccc4cc(Br)c(N)nc4c3)OC(n3ccc4c(=O)[nH]cnc43)[C@@H]2O1. The summed E-state index contributed by atoms with van der Waals surface area (Å²) >= 11 is 3.40. The third-order valence-corrected chi connectivity index (χ3v) is 6.73. The van der Waals surface area contributed by atoms with Crippen LogP contribution in [-0.4, -0.2) is 50.2 Å². The van der Waals surface area contributed by atoms with Crippen molar-refractivity contribution in [1.82, 2.24) is 19.5 Å². The van der Waals surface area contributed by atoms with Gasteiger partial charge >= 0.3 is 0 Å². The molecule has 0 bridgehead atoms. The molecule has 0 amide bonds. The van der Waals surface area contributed by atoms with Gasteiger partial charge in [0.05, 0.1) is 21.7 Å². The highest BCUT2D eigenvalue weighted by atomic mass is 79.9. The van der Waals surface area contributed by atoms with Crippen LogP contribution in [0.5, 0.6) is 5.75 Å². The summed E-state index contributed by atoms with van der Waals surface area (Å²) in [4.78, 5) is 23.5. The number of pyridine rings is 1. The van der Waals surface area contributed by atoms with Crippen molar-refractivity contribution in [2.75, 3.05) is 12.3 Å². The van der Waals surface area contributed by atoms with Gasteiger partial charge in [0.15, 0.2) is 12.0 Å². The molecule has 2 saturated heterocycles. The predicted molar refractivity (Wildman–Crippen MR) is 127 cm³/mol. The third kappa shape index (κ3) is 3.56. The third-order valence-electron chi connectivity index (χ3n) is 6.10. The zero-order valence-corrected chi connectivity index (χ0v) is 20.0. The maximum atomic E-state index is 12.2. The average molecular weight is 528 g/mol. The van der Waals surface area contributed by atoms with Gasteiger partial charge in [0.1, 0.15) is 42.1 Å². The summed E-state index contributed by atoms with van der Waals surface area (Å²) in [5, 5.41) is 1.43. The number of hydrogen-bond donors (Lipinski definition) is 2. The van der Waals surface area contributed by atoms with Gasteiger partial charge in [-0.1, -0.05) is 0 Å². The van der Waals surface area contributed by atoms with Crippen LogP contribution in [0.15, 0.2) is 52.1 Å². The second kappa shape index (κ2) is 7.77. The van der Waals surface area contributed by atoms with Crippen LogP contribution in [0.3, 0.4) is 0 Å². The highest BCUT2D eigenvalue weighted by Gasteiger charge is 2.56. The molecule has 176 valence electrons. The summed E-state index contributed by atoms with van der Waals surface area (Å²) in [6.07, 6.45) is 1.48. The lowest BCUT2D eigenvalue weighted by Gasteiger charge is -2.25. The Kier molecular flexibility index (Phi) is 4.92. The molecule has 3 N–H and O–H groups in total. The standard InChI is InChI=1S/C23H22BrN5O5/c1-23(2)33-17-16(9-31-12-4-3-11-7-14(24)19(25)28-15(11)8-12)32-22(18(17)34-23)29-6-5-13-20(29)26-10-27-21(13)30/h3-8,10,16-18,22H,9H2,1-2H3,(H2,25,28)(H,26,27,30)/t16-,17-,18-,22?/m1/s1. The Balaban J connectivity index is 1.27. The molecule has 10 nitrogen and oxygen atoms in total. The lowest BCUT2D eigenvalue weighted by Crippen LogP contribution is -2.33. The molecule has 2 aliphatic rings. The maximum Gasteiger partial charge on any atom is 0.260 e. The number of nitrogen functional groups attached to an aromatic ring is 1. The van der Waals surface area contributed by atoms with E-state index < -0.39 is 24.2 Å². The number of nitrogens with zero attached hydrogens (tertiary/aromatic N) is 3. The van der Waals surface area contributed by atoms with E-state index in [9.17, 15) is 4.79 Å². The molecule has 4 atom stereocenters. The Labute approximate surface area is 202 Å². The van der Waals surface area contributed by atoms with Gasteiger partial charge in [-0.05, 0) is 54.0 Å². The molecule has 0 saturated carbocycles. The van der Waals surface area contributed by atoms with Gasteiger partial charge in [-0.15, -0.1) is 0 Å². The largest absolute Gasteiger partial charge is 0.491 e. The molecule has 2 fully saturated rings. The molecule has 6 rings (SSSR count). The lowest BCUT2D eigenvalue weighted by molar-refractivity contribution is -0.198. The molecule has 1 aromatic carbocycles. The fourth-order valence-electron chi connectivity index (χ4n) is 4.61. The van der Waals surface area contributed by atoms with Crippen molar-refractivity contribution in [3.05, 3.63) is 57.7 Å². The number of nitrogens with two attached hydrogens (primary N) is 1. The molecular formula is C23H22BrN5O5. The Bertz CT molecular complexity index is 1470. The first-order valence-corrected chi connectivity index (χ1v) is 11.6. The number of rotatable bonds is 4. The van der Waals surface area contributed by atoms with Crippen LogP contribution in [0.2, 0.25) is 0 Å². The van der Waals surface area contributed by atoms with Crippen LogP contribution in [0, 0.1) is 0 Å². The summed E-state index contributed by atoms with van der Waals surface area (Å²) in [7, 11) is 0. The summed E-state index contributed by atoms with van der Waals surface area (Å²) in [6.45, 7) is 3.98. The van der Waals surface area contributed by atoms with E-state index >= 15 is 0 Å². The van der Waals surface area contributed by atoms with Gasteiger partial charge in [0, 0.05) is 17.6 Å². The van der Waals surface area contributed by atoms with E-state index in [4.69, 9.17) is 24.7 Å². The lowest BCUT2D eigenvalue weighted by atomic mass is 10.1. The van der Waals surface area contributed by atoms with Crippen LogP contribution in [0.1, 0.15) is 20.1 Å². The number of aromatic amines is 1. The monoisotopic (exact) mass is 527 g/mol. The van der Waals surface area contributed by atoms with E-state index in [1.54, 1.807) is 12.3 Å². The molecule has 3 aromatic heterocycles. The van der Waals surface area contributed by atoms with Gasteiger partial charge in [0.2, 0.25) is 0 Å². The van der Waals surface area contributed by atoms with Gasteiger partial charge in [-0.3, -0.25) is 4.79 Å². The molecule has 11 heteroatoms. The van der Waals surface area contributed by atoms with Crippen molar-refractivity contribution in [2.24, 2.45) is 0 Å². The molecule has 2 aliphatic heterocycles. The van der Waals surface area contributed by atoms with Gasteiger partial charge in [0.25, 0.3) is 5.56 Å². The average Bonchev–Trinajstić information content (AvgIpc) is 3.45. The maximum absolute atomic E-state index is 12.2. The quantitative estimate of drug-likeness (QED) is 0.414. The van der Waals surface area contributed by atoms with Crippen LogP contribution in [0.4, 0.5) is 5.82 Å². The zero-order chi connectivity index (χ0) is 23.6. The van der Waals surface area contributed by atoms with Crippen molar-refractivity contribution in [1.29, 1.82) is 0 Å². The fraction of sp³-hybridized carbons (Fsp3) is 0.348. The van der Waals surface area contributed by atoms with Crippen molar-refractivity contribution >= 4 is 43.7 Å². The minimum absolute atomic E-state index is 0.209. The highest BCUT2D eigenvalue weighted by molar-refractivity contribution is 9.10. The molecular weight excluding hydrogens is 506 g/mol. The van der Waals surface area contributed by atoms with E-state index in [1.165, 1.54) is 6.33 Å². The van der Waals surface area contributed by atoms with Crippen LogP contribution in [-0.2, 0) is 14.2 Å². The molecule has 0 aliphatic carbocycles. The second-order valence-corrected chi connectivity index (χ2v) is 9.70. The van der Waals surface area contributed by atoms with Crippen LogP contribution in [0.25, 0.3) is 21.9 Å². The van der Waals surface area contributed by atoms with Crippen molar-refractivity contribution < 1.29 is 18.9 Å². The first-order chi connectivity index (χ1) is 16.3. The topological polar surface area (TPSA) is 127 Å². The van der Waals surface area contributed by atoms with Gasteiger partial charge in [-0.2, -0.15) is 0 Å². The molecule has 0 spiro atoms. The summed E-state index contributed by atoms with van der Waals surface area (Å²) in [6, 6.07) is 9.28. The summed E-state index contributed by atoms with van der Waals surface area (Å²) in [5.41, 5.74) is 6.97. The Morgan fingerprint density at radius 1 is 1.24 bits per heavy atom. The van der Waals surface area contributed by atoms with Crippen molar-refractivity contribution in [3.8, 4) is 5.75 Å². The minimum atomic E-state index is -0.777. The molecule has 4 aromatic rings. The first-order valence-electron chi connectivity index (χ1n) is 10.8. The zero-order valence-electron chi connectivity index (χ0n) is 18.4. The van der Waals surface area contributed by atoms with Crippen molar-refractivity contribution in [2.45, 2.75) is 44.2 Å². The number of nitrogens with one attached hydrogen (secondary N) is 1. The Morgan fingerprint density at radius 2 is 2.06 bits per heavy atom. The van der Waals surface area contributed by atoms with E-state index in [-0.39, 0.29) is 18.3 Å². The van der Waals surface area contributed by atoms with Crippen molar-refractivity contribution in [3.63, 3.8) is 0 Å². The number of fused-ring (bicyclic) bond motifs is 3. The number of anilines is 1. The number of aromatic nitrogens is 4. The number of ether oxygens (including phenoxy) is 4. The predicted octanol–water partition coefficient (Wildman–Crippen LogP) is 3.11. The first kappa shape index (κ1) is 21.5. The minimum Gasteiger partial charge on any atom is -0.491 e. The van der Waals surface area contributed by atoms with Crippen LogP contribution < -0.4 is 16.0 Å². The number of benzene rings is 1. The highest BCUT2D eigenvalue weighted by Crippen LogP contribution is 2.44. The second-order valence-electron chi connectivity index (χ2n) is 8.84. The molecule has 5 heterocycles. The normalized spacial score (nSPS) is 25.7. The number of halogens is 1. The Morgan fingerprint density at radius 3 is 2.91 bits per heavy atom. The van der Waals surface area contributed by atoms with Gasteiger partial charge < -0.3 is 34.2 Å². The number of hydrogen-bond acceptors (Lipinski definition) is 8.